The van der Waals surface area contributed by atoms with Crippen LogP contribution in [0.2, 0.25) is 0 Å². The largest absolute Gasteiger partial charge is 0.368 e. The summed E-state index contributed by atoms with van der Waals surface area (Å²) in [7, 11) is 0. The van der Waals surface area contributed by atoms with Crippen molar-refractivity contribution in [1.82, 2.24) is 9.66 Å². The molecule has 2 rings (SSSR count). The lowest BCUT2D eigenvalue weighted by Gasteiger charge is -2.10. The molecule has 0 saturated carbocycles. The van der Waals surface area contributed by atoms with E-state index in [1.54, 1.807) is 0 Å². The molecule has 0 aromatic carbocycles. The molecule has 1 aromatic rings. The normalized spacial score (nSPS) is 16.4. The standard InChI is InChI=1S/C7H12N4/c8-7-10-5-3-1-2-4-6(5)11(7)9/h1-4,9H2,(H2,8,10). The van der Waals surface area contributed by atoms with Crippen LogP contribution >= 0.6 is 0 Å². The van der Waals surface area contributed by atoms with Crippen LogP contribution in [0.4, 0.5) is 5.95 Å². The monoisotopic (exact) mass is 152 g/mol. The van der Waals surface area contributed by atoms with Crippen LogP contribution < -0.4 is 11.6 Å². The first-order chi connectivity index (χ1) is 5.29. The minimum atomic E-state index is 0.442. The zero-order valence-electron chi connectivity index (χ0n) is 6.38. The third kappa shape index (κ3) is 0.859. The molecule has 60 valence electrons. The van der Waals surface area contributed by atoms with Crippen LogP contribution in [-0.4, -0.2) is 9.66 Å². The van der Waals surface area contributed by atoms with Crippen molar-refractivity contribution in [2.75, 3.05) is 11.6 Å². The van der Waals surface area contributed by atoms with Gasteiger partial charge >= 0.3 is 0 Å². The number of rotatable bonds is 0. The number of fused-ring (bicyclic) bond motifs is 1. The Morgan fingerprint density at radius 1 is 1.27 bits per heavy atom. The molecule has 0 unspecified atom stereocenters. The first kappa shape index (κ1) is 6.52. The number of aryl methyl sites for hydroxylation is 1. The van der Waals surface area contributed by atoms with E-state index in [-0.39, 0.29) is 0 Å². The van der Waals surface area contributed by atoms with E-state index in [0.29, 0.717) is 5.95 Å². The van der Waals surface area contributed by atoms with Gasteiger partial charge in [-0.05, 0) is 25.7 Å². The van der Waals surface area contributed by atoms with Gasteiger partial charge in [0.05, 0.1) is 11.4 Å². The topological polar surface area (TPSA) is 69.9 Å². The Hall–Kier alpha value is -1.19. The molecule has 4 nitrogen and oxygen atoms in total. The summed E-state index contributed by atoms with van der Waals surface area (Å²) in [4.78, 5) is 4.17. The van der Waals surface area contributed by atoms with Crippen LogP contribution in [0, 0.1) is 0 Å². The molecule has 0 amide bonds. The summed E-state index contributed by atoms with van der Waals surface area (Å²) in [6.45, 7) is 0. The average molecular weight is 152 g/mol. The van der Waals surface area contributed by atoms with Crippen molar-refractivity contribution < 1.29 is 0 Å². The molecule has 4 N–H and O–H groups in total. The molecular formula is C7H12N4. The second-order valence-electron chi connectivity index (χ2n) is 2.94. The van der Waals surface area contributed by atoms with Crippen LogP contribution in [0.1, 0.15) is 24.2 Å². The fourth-order valence-electron chi connectivity index (χ4n) is 1.58. The summed E-state index contributed by atoms with van der Waals surface area (Å²) in [5.74, 6) is 6.09. The summed E-state index contributed by atoms with van der Waals surface area (Å²) in [6, 6.07) is 0. The molecule has 11 heavy (non-hydrogen) atoms. The Kier molecular flexibility index (Phi) is 1.27. The Morgan fingerprint density at radius 3 is 2.73 bits per heavy atom. The van der Waals surface area contributed by atoms with E-state index < -0.39 is 0 Å². The second kappa shape index (κ2) is 2.15. The van der Waals surface area contributed by atoms with Crippen LogP contribution in [0.15, 0.2) is 0 Å². The third-order valence-corrected chi connectivity index (χ3v) is 2.20. The number of imidazole rings is 1. The van der Waals surface area contributed by atoms with Gasteiger partial charge in [0.2, 0.25) is 5.95 Å². The maximum absolute atomic E-state index is 5.65. The van der Waals surface area contributed by atoms with Gasteiger partial charge in [0.1, 0.15) is 0 Å². The summed E-state index contributed by atoms with van der Waals surface area (Å²) < 4.78 is 1.51. The number of nitrogens with zero attached hydrogens (tertiary/aromatic N) is 2. The Bertz CT molecular complexity index is 276. The molecule has 1 aliphatic carbocycles. The van der Waals surface area contributed by atoms with Gasteiger partial charge in [0, 0.05) is 0 Å². The summed E-state index contributed by atoms with van der Waals surface area (Å²) in [6.07, 6.45) is 4.47. The van der Waals surface area contributed by atoms with Crippen molar-refractivity contribution in [2.45, 2.75) is 25.7 Å². The van der Waals surface area contributed by atoms with Crippen LogP contribution in [-0.2, 0) is 12.8 Å². The number of nitrogens with two attached hydrogens (primary N) is 2. The van der Waals surface area contributed by atoms with Crippen molar-refractivity contribution in [3.05, 3.63) is 11.4 Å². The van der Waals surface area contributed by atoms with Gasteiger partial charge in [-0.3, -0.25) is 0 Å². The average Bonchev–Trinajstić information content (AvgIpc) is 2.30. The van der Waals surface area contributed by atoms with Crippen molar-refractivity contribution >= 4 is 5.95 Å². The molecule has 0 spiro atoms. The van der Waals surface area contributed by atoms with E-state index in [2.05, 4.69) is 4.98 Å². The van der Waals surface area contributed by atoms with E-state index in [1.807, 2.05) is 0 Å². The highest BCUT2D eigenvalue weighted by Crippen LogP contribution is 2.20. The molecule has 0 radical (unpaired) electrons. The molecule has 1 aliphatic rings. The van der Waals surface area contributed by atoms with E-state index in [0.717, 1.165) is 24.2 Å². The second-order valence-corrected chi connectivity index (χ2v) is 2.94. The SMILES string of the molecule is Nc1nc2c(n1N)CCCC2. The smallest absolute Gasteiger partial charge is 0.219 e. The van der Waals surface area contributed by atoms with Crippen LogP contribution in [0.5, 0.6) is 0 Å². The Labute approximate surface area is 65.2 Å². The predicted molar refractivity (Wildman–Crippen MR) is 43.4 cm³/mol. The molecule has 4 heteroatoms. The van der Waals surface area contributed by atoms with Gasteiger partial charge in [-0.2, -0.15) is 0 Å². The molecular weight excluding hydrogens is 140 g/mol. The number of aromatic nitrogens is 2. The van der Waals surface area contributed by atoms with Gasteiger partial charge < -0.3 is 11.6 Å². The zero-order valence-corrected chi connectivity index (χ0v) is 6.38. The quantitative estimate of drug-likeness (QED) is 0.516. The third-order valence-electron chi connectivity index (χ3n) is 2.20. The van der Waals surface area contributed by atoms with E-state index >= 15 is 0 Å². The van der Waals surface area contributed by atoms with Crippen LogP contribution in [0.3, 0.4) is 0 Å². The van der Waals surface area contributed by atoms with E-state index in [4.69, 9.17) is 11.6 Å². The first-order valence-corrected chi connectivity index (χ1v) is 3.90. The molecule has 0 bridgehead atoms. The number of nitrogen functional groups attached to an aromatic ring is 2. The zero-order chi connectivity index (χ0) is 7.84. The number of hydrogen-bond acceptors (Lipinski definition) is 3. The van der Waals surface area contributed by atoms with Crippen molar-refractivity contribution in [1.29, 1.82) is 0 Å². The molecule has 1 aromatic heterocycles. The Balaban J connectivity index is 2.50. The maximum atomic E-state index is 5.65. The highest BCUT2D eigenvalue weighted by molar-refractivity contribution is 5.30. The van der Waals surface area contributed by atoms with Crippen molar-refractivity contribution in [3.63, 3.8) is 0 Å². The number of anilines is 1. The van der Waals surface area contributed by atoms with Crippen molar-refractivity contribution in [2.24, 2.45) is 0 Å². The first-order valence-electron chi connectivity index (χ1n) is 3.90. The van der Waals surface area contributed by atoms with Gasteiger partial charge in [0.15, 0.2) is 0 Å². The lowest BCUT2D eigenvalue weighted by Crippen LogP contribution is -2.16. The minimum Gasteiger partial charge on any atom is -0.368 e. The fraction of sp³-hybridized carbons (Fsp3) is 0.571. The molecule has 1 heterocycles. The van der Waals surface area contributed by atoms with Crippen molar-refractivity contribution in [3.8, 4) is 0 Å². The highest BCUT2D eigenvalue weighted by atomic mass is 15.4. The summed E-state index contributed by atoms with van der Waals surface area (Å²) >= 11 is 0. The molecule has 0 aliphatic heterocycles. The van der Waals surface area contributed by atoms with Gasteiger partial charge in [-0.25, -0.2) is 9.66 Å². The highest BCUT2D eigenvalue weighted by Gasteiger charge is 2.16. The maximum Gasteiger partial charge on any atom is 0.219 e. The lowest BCUT2D eigenvalue weighted by molar-refractivity contribution is 0.651. The minimum absolute atomic E-state index is 0.442. The Morgan fingerprint density at radius 2 is 2.00 bits per heavy atom. The summed E-state index contributed by atoms with van der Waals surface area (Å²) in [5, 5.41) is 0. The number of hydrogen-bond donors (Lipinski definition) is 2. The lowest BCUT2D eigenvalue weighted by atomic mass is 10.0. The summed E-state index contributed by atoms with van der Waals surface area (Å²) in [5.41, 5.74) is 7.76. The fourth-order valence-corrected chi connectivity index (χ4v) is 1.58. The molecule has 0 fully saturated rings. The van der Waals surface area contributed by atoms with Gasteiger partial charge in [-0.15, -0.1) is 0 Å². The predicted octanol–water partition coefficient (Wildman–Crippen LogP) is 0.0579. The molecule has 0 saturated heterocycles. The van der Waals surface area contributed by atoms with E-state index in [9.17, 15) is 0 Å². The van der Waals surface area contributed by atoms with Crippen LogP contribution in [0.25, 0.3) is 0 Å². The molecule has 0 atom stereocenters. The van der Waals surface area contributed by atoms with Gasteiger partial charge in [0.25, 0.3) is 0 Å². The van der Waals surface area contributed by atoms with E-state index in [1.165, 1.54) is 17.5 Å². The van der Waals surface area contributed by atoms with Gasteiger partial charge in [-0.1, -0.05) is 0 Å².